The Kier molecular flexibility index (Phi) is 2.87. The maximum absolute atomic E-state index is 5.20. The summed E-state index contributed by atoms with van der Waals surface area (Å²) >= 11 is 0. The van der Waals surface area contributed by atoms with Crippen LogP contribution in [-0.2, 0) is 6.54 Å². The molecular formula is C11H18N2O. The molecule has 2 rings (SSSR count). The van der Waals surface area contributed by atoms with Gasteiger partial charge in [0, 0.05) is 6.07 Å². The maximum atomic E-state index is 5.20. The van der Waals surface area contributed by atoms with Gasteiger partial charge in [-0.15, -0.1) is 0 Å². The molecule has 1 aromatic heterocycles. The zero-order valence-electron chi connectivity index (χ0n) is 8.99. The van der Waals surface area contributed by atoms with Gasteiger partial charge in [0.15, 0.2) is 5.76 Å². The van der Waals surface area contributed by atoms with Gasteiger partial charge >= 0.3 is 0 Å². The van der Waals surface area contributed by atoms with E-state index in [1.54, 1.807) is 0 Å². The molecule has 3 nitrogen and oxygen atoms in total. The number of aryl methyl sites for hydroxylation is 1. The molecule has 0 atom stereocenters. The van der Waals surface area contributed by atoms with Crippen LogP contribution in [0, 0.1) is 12.8 Å². The normalized spacial score (nSPS) is 20.1. The van der Waals surface area contributed by atoms with Gasteiger partial charge in [0.1, 0.15) is 0 Å². The first-order chi connectivity index (χ1) is 6.74. The molecule has 1 aliphatic rings. The summed E-state index contributed by atoms with van der Waals surface area (Å²) in [5.41, 5.74) is 0.977. The van der Waals surface area contributed by atoms with Gasteiger partial charge in [-0.2, -0.15) is 0 Å². The number of nitrogens with zero attached hydrogens (tertiary/aromatic N) is 2. The van der Waals surface area contributed by atoms with Crippen LogP contribution in [0.2, 0.25) is 0 Å². The van der Waals surface area contributed by atoms with Crippen LogP contribution in [0.4, 0.5) is 0 Å². The highest BCUT2D eigenvalue weighted by Gasteiger charge is 2.16. The number of hydrogen-bond acceptors (Lipinski definition) is 3. The highest BCUT2D eigenvalue weighted by atomic mass is 16.5. The fourth-order valence-electron chi connectivity index (χ4n) is 1.93. The van der Waals surface area contributed by atoms with Crippen LogP contribution in [0.5, 0.6) is 0 Å². The second kappa shape index (κ2) is 4.13. The molecule has 3 heteroatoms. The Labute approximate surface area is 85.1 Å². The van der Waals surface area contributed by atoms with Crippen molar-refractivity contribution < 1.29 is 4.52 Å². The van der Waals surface area contributed by atoms with E-state index in [2.05, 4.69) is 17.0 Å². The molecule has 0 aromatic carbocycles. The summed E-state index contributed by atoms with van der Waals surface area (Å²) in [6, 6.07) is 2.03. The zero-order valence-corrected chi connectivity index (χ0v) is 8.99. The van der Waals surface area contributed by atoms with E-state index in [0.717, 1.165) is 23.9 Å². The van der Waals surface area contributed by atoms with Crippen molar-refractivity contribution in [2.24, 2.45) is 5.92 Å². The summed E-state index contributed by atoms with van der Waals surface area (Å²) in [7, 11) is 0. The number of likely N-dealkylation sites (tertiary alicyclic amines) is 1. The highest BCUT2D eigenvalue weighted by molar-refractivity contribution is 5.02. The molecular weight excluding hydrogens is 176 g/mol. The minimum Gasteiger partial charge on any atom is -0.360 e. The molecule has 1 fully saturated rings. The van der Waals surface area contributed by atoms with Gasteiger partial charge in [-0.25, -0.2) is 0 Å². The summed E-state index contributed by atoms with van der Waals surface area (Å²) in [5.74, 6) is 1.89. The quantitative estimate of drug-likeness (QED) is 0.723. The van der Waals surface area contributed by atoms with Crippen LogP contribution < -0.4 is 0 Å². The molecule has 14 heavy (non-hydrogen) atoms. The molecule has 1 aliphatic heterocycles. The van der Waals surface area contributed by atoms with E-state index >= 15 is 0 Å². The van der Waals surface area contributed by atoms with Gasteiger partial charge in [0.2, 0.25) is 0 Å². The van der Waals surface area contributed by atoms with Crippen molar-refractivity contribution in [3.8, 4) is 0 Å². The van der Waals surface area contributed by atoms with Crippen LogP contribution in [0.25, 0.3) is 0 Å². The van der Waals surface area contributed by atoms with E-state index in [1.807, 2.05) is 13.0 Å². The van der Waals surface area contributed by atoms with E-state index in [1.165, 1.54) is 25.9 Å². The van der Waals surface area contributed by atoms with E-state index in [4.69, 9.17) is 4.52 Å². The van der Waals surface area contributed by atoms with Crippen molar-refractivity contribution in [3.63, 3.8) is 0 Å². The van der Waals surface area contributed by atoms with Gasteiger partial charge in [-0.05, 0) is 38.8 Å². The summed E-state index contributed by atoms with van der Waals surface area (Å²) in [5, 5.41) is 3.90. The van der Waals surface area contributed by atoms with Crippen molar-refractivity contribution in [2.75, 3.05) is 13.1 Å². The molecule has 0 unspecified atom stereocenters. The molecule has 0 spiro atoms. The lowest BCUT2D eigenvalue weighted by Gasteiger charge is -2.29. The Morgan fingerprint density at radius 3 is 2.79 bits per heavy atom. The summed E-state index contributed by atoms with van der Waals surface area (Å²) in [4.78, 5) is 2.44. The Morgan fingerprint density at radius 2 is 2.21 bits per heavy atom. The molecule has 0 radical (unpaired) electrons. The molecule has 1 saturated heterocycles. The lowest BCUT2D eigenvalue weighted by Crippen LogP contribution is -2.32. The third-order valence-corrected chi connectivity index (χ3v) is 2.93. The Bertz CT molecular complexity index is 287. The third kappa shape index (κ3) is 2.35. The molecule has 0 aliphatic carbocycles. The number of hydrogen-bond donors (Lipinski definition) is 0. The average molecular weight is 194 g/mol. The van der Waals surface area contributed by atoms with Crippen LogP contribution >= 0.6 is 0 Å². The Morgan fingerprint density at radius 1 is 1.50 bits per heavy atom. The van der Waals surface area contributed by atoms with E-state index in [0.29, 0.717) is 0 Å². The average Bonchev–Trinajstić information content (AvgIpc) is 2.56. The predicted molar refractivity (Wildman–Crippen MR) is 54.9 cm³/mol. The lowest BCUT2D eigenvalue weighted by molar-refractivity contribution is 0.168. The number of piperidine rings is 1. The van der Waals surface area contributed by atoms with Gasteiger partial charge in [-0.3, -0.25) is 4.90 Å². The summed E-state index contributed by atoms with van der Waals surface area (Å²) < 4.78 is 5.20. The summed E-state index contributed by atoms with van der Waals surface area (Å²) in [6.07, 6.45) is 2.63. The standard InChI is InChI=1S/C11H18N2O/c1-9-3-5-13(6-4-9)8-11-7-10(2)12-14-11/h7,9H,3-6,8H2,1-2H3. The third-order valence-electron chi connectivity index (χ3n) is 2.93. The molecule has 1 aromatic rings. The SMILES string of the molecule is Cc1cc(CN2CCC(C)CC2)on1. The lowest BCUT2D eigenvalue weighted by atomic mass is 9.99. The second-order valence-corrected chi connectivity index (χ2v) is 4.39. The largest absolute Gasteiger partial charge is 0.360 e. The minimum absolute atomic E-state index is 0.891. The van der Waals surface area contributed by atoms with E-state index < -0.39 is 0 Å². The Balaban J connectivity index is 1.86. The highest BCUT2D eigenvalue weighted by Crippen LogP contribution is 2.18. The topological polar surface area (TPSA) is 29.3 Å². The zero-order chi connectivity index (χ0) is 9.97. The number of aromatic nitrogens is 1. The summed E-state index contributed by atoms with van der Waals surface area (Å²) in [6.45, 7) is 7.61. The molecule has 0 N–H and O–H groups in total. The van der Waals surface area contributed by atoms with Crippen LogP contribution in [0.3, 0.4) is 0 Å². The van der Waals surface area contributed by atoms with E-state index in [-0.39, 0.29) is 0 Å². The molecule has 2 heterocycles. The fraction of sp³-hybridized carbons (Fsp3) is 0.727. The molecule has 0 bridgehead atoms. The van der Waals surface area contributed by atoms with Gasteiger partial charge in [-0.1, -0.05) is 12.1 Å². The minimum atomic E-state index is 0.891. The van der Waals surface area contributed by atoms with Crippen molar-refractivity contribution >= 4 is 0 Å². The predicted octanol–water partition coefficient (Wildman–Crippen LogP) is 2.21. The van der Waals surface area contributed by atoms with Crippen molar-refractivity contribution in [1.29, 1.82) is 0 Å². The first kappa shape index (κ1) is 9.71. The van der Waals surface area contributed by atoms with Gasteiger partial charge in [0.05, 0.1) is 12.2 Å². The van der Waals surface area contributed by atoms with Crippen LogP contribution in [-0.4, -0.2) is 23.1 Å². The molecule has 78 valence electrons. The molecule has 0 amide bonds. The second-order valence-electron chi connectivity index (χ2n) is 4.39. The maximum Gasteiger partial charge on any atom is 0.150 e. The van der Waals surface area contributed by atoms with Crippen molar-refractivity contribution in [3.05, 3.63) is 17.5 Å². The fourth-order valence-corrected chi connectivity index (χ4v) is 1.93. The first-order valence-corrected chi connectivity index (χ1v) is 5.38. The Hall–Kier alpha value is -0.830. The van der Waals surface area contributed by atoms with E-state index in [9.17, 15) is 0 Å². The van der Waals surface area contributed by atoms with Crippen molar-refractivity contribution in [2.45, 2.75) is 33.2 Å². The van der Waals surface area contributed by atoms with Crippen LogP contribution in [0.1, 0.15) is 31.2 Å². The van der Waals surface area contributed by atoms with Gasteiger partial charge in [0.25, 0.3) is 0 Å². The van der Waals surface area contributed by atoms with Crippen molar-refractivity contribution in [1.82, 2.24) is 10.1 Å². The first-order valence-electron chi connectivity index (χ1n) is 5.38. The smallest absolute Gasteiger partial charge is 0.150 e. The number of rotatable bonds is 2. The molecule has 0 saturated carbocycles. The monoisotopic (exact) mass is 194 g/mol. The van der Waals surface area contributed by atoms with Gasteiger partial charge < -0.3 is 4.52 Å². The van der Waals surface area contributed by atoms with Crippen LogP contribution in [0.15, 0.2) is 10.6 Å².